The molecule has 2 aromatic carbocycles. The smallest absolute Gasteiger partial charge is 0.261 e. The fourth-order valence-corrected chi connectivity index (χ4v) is 2.93. The average Bonchev–Trinajstić information content (AvgIpc) is 2.94. The maximum atomic E-state index is 13.4. The third-order valence-electron chi connectivity index (χ3n) is 4.09. The average molecular weight is 328 g/mol. The SMILES string of the molecule is O=c1c2ccc(F)cc2nc2n1CC/C2=C\c1ccc(F)c(F)c1. The highest BCUT2D eigenvalue weighted by atomic mass is 19.2. The minimum Gasteiger partial charge on any atom is -0.292 e. The second-order valence-corrected chi connectivity index (χ2v) is 5.65. The van der Waals surface area contributed by atoms with E-state index in [0.29, 0.717) is 29.7 Å². The van der Waals surface area contributed by atoms with Gasteiger partial charge in [-0.15, -0.1) is 0 Å². The van der Waals surface area contributed by atoms with Crippen molar-refractivity contribution in [2.75, 3.05) is 0 Å². The molecule has 120 valence electrons. The van der Waals surface area contributed by atoms with E-state index >= 15 is 0 Å². The van der Waals surface area contributed by atoms with E-state index in [-0.39, 0.29) is 11.1 Å². The zero-order valence-corrected chi connectivity index (χ0v) is 12.4. The second-order valence-electron chi connectivity index (χ2n) is 5.65. The van der Waals surface area contributed by atoms with E-state index in [9.17, 15) is 18.0 Å². The Bertz CT molecular complexity index is 1070. The topological polar surface area (TPSA) is 34.9 Å². The Kier molecular flexibility index (Phi) is 3.26. The van der Waals surface area contributed by atoms with E-state index in [1.807, 2.05) is 0 Å². The Morgan fingerprint density at radius 1 is 1.04 bits per heavy atom. The normalized spacial score (nSPS) is 15.2. The van der Waals surface area contributed by atoms with Crippen molar-refractivity contribution in [2.45, 2.75) is 13.0 Å². The first-order valence-corrected chi connectivity index (χ1v) is 7.39. The molecule has 0 aliphatic carbocycles. The van der Waals surface area contributed by atoms with Crippen LogP contribution in [-0.4, -0.2) is 9.55 Å². The summed E-state index contributed by atoms with van der Waals surface area (Å²) >= 11 is 0. The molecule has 3 nitrogen and oxygen atoms in total. The molecule has 3 aromatic rings. The van der Waals surface area contributed by atoms with E-state index < -0.39 is 17.5 Å². The first kappa shape index (κ1) is 14.7. The molecule has 0 fully saturated rings. The Morgan fingerprint density at radius 2 is 1.88 bits per heavy atom. The van der Waals surface area contributed by atoms with Gasteiger partial charge in [0.1, 0.15) is 11.6 Å². The Labute approximate surface area is 134 Å². The Hall–Kier alpha value is -2.89. The van der Waals surface area contributed by atoms with Crippen LogP contribution in [0.4, 0.5) is 13.2 Å². The van der Waals surface area contributed by atoms with Gasteiger partial charge >= 0.3 is 0 Å². The van der Waals surface area contributed by atoms with Gasteiger partial charge in [-0.05, 0) is 47.9 Å². The molecule has 0 spiro atoms. The van der Waals surface area contributed by atoms with Crippen LogP contribution in [0.25, 0.3) is 22.6 Å². The predicted octanol–water partition coefficient (Wildman–Crippen LogP) is 3.76. The molecule has 2 heterocycles. The largest absolute Gasteiger partial charge is 0.292 e. The number of rotatable bonds is 1. The summed E-state index contributed by atoms with van der Waals surface area (Å²) in [6.45, 7) is 0.448. The highest BCUT2D eigenvalue weighted by Crippen LogP contribution is 2.28. The first-order chi connectivity index (χ1) is 11.5. The van der Waals surface area contributed by atoms with Crippen molar-refractivity contribution < 1.29 is 13.2 Å². The fraction of sp³-hybridized carbons (Fsp3) is 0.111. The molecule has 0 bridgehead atoms. The van der Waals surface area contributed by atoms with Gasteiger partial charge in [0.05, 0.1) is 10.9 Å². The lowest BCUT2D eigenvalue weighted by Crippen LogP contribution is -2.20. The lowest BCUT2D eigenvalue weighted by molar-refractivity contribution is 0.508. The minimum atomic E-state index is -0.937. The summed E-state index contributed by atoms with van der Waals surface area (Å²) in [5.41, 5.74) is 1.25. The van der Waals surface area contributed by atoms with Crippen LogP contribution in [0.1, 0.15) is 17.8 Å². The van der Waals surface area contributed by atoms with Crippen LogP contribution in [0.2, 0.25) is 0 Å². The van der Waals surface area contributed by atoms with Gasteiger partial charge < -0.3 is 0 Å². The predicted molar refractivity (Wildman–Crippen MR) is 84.8 cm³/mol. The van der Waals surface area contributed by atoms with Crippen molar-refractivity contribution >= 4 is 22.6 Å². The van der Waals surface area contributed by atoms with E-state index in [0.717, 1.165) is 17.7 Å². The van der Waals surface area contributed by atoms with Gasteiger partial charge in [-0.3, -0.25) is 9.36 Å². The number of aromatic nitrogens is 2. The summed E-state index contributed by atoms with van der Waals surface area (Å²) in [5, 5.41) is 0.356. The van der Waals surface area contributed by atoms with Crippen LogP contribution in [-0.2, 0) is 6.54 Å². The lowest BCUT2D eigenvalue weighted by atomic mass is 10.1. The molecule has 0 saturated heterocycles. The zero-order chi connectivity index (χ0) is 16.8. The lowest BCUT2D eigenvalue weighted by Gasteiger charge is -2.05. The van der Waals surface area contributed by atoms with Gasteiger partial charge in [0, 0.05) is 12.6 Å². The summed E-state index contributed by atoms with van der Waals surface area (Å²) in [7, 11) is 0. The molecule has 0 radical (unpaired) electrons. The number of hydrogen-bond acceptors (Lipinski definition) is 2. The summed E-state index contributed by atoms with van der Waals surface area (Å²) in [6, 6.07) is 7.45. The molecule has 0 unspecified atom stereocenters. The Morgan fingerprint density at radius 3 is 2.67 bits per heavy atom. The van der Waals surface area contributed by atoms with Gasteiger partial charge in [0.15, 0.2) is 11.6 Å². The van der Waals surface area contributed by atoms with Crippen molar-refractivity contribution in [2.24, 2.45) is 0 Å². The number of nitrogens with zero attached hydrogens (tertiary/aromatic N) is 2. The molecule has 0 amide bonds. The van der Waals surface area contributed by atoms with Gasteiger partial charge in [0.25, 0.3) is 5.56 Å². The third kappa shape index (κ3) is 2.31. The van der Waals surface area contributed by atoms with Crippen molar-refractivity contribution in [1.29, 1.82) is 0 Å². The quantitative estimate of drug-likeness (QED) is 0.682. The molecule has 1 aliphatic heterocycles. The molecule has 1 aromatic heterocycles. The number of benzene rings is 2. The van der Waals surface area contributed by atoms with Crippen molar-refractivity contribution in [1.82, 2.24) is 9.55 Å². The highest BCUT2D eigenvalue weighted by molar-refractivity contribution is 5.84. The van der Waals surface area contributed by atoms with Crippen LogP contribution in [0.15, 0.2) is 41.2 Å². The van der Waals surface area contributed by atoms with E-state index in [1.54, 1.807) is 6.08 Å². The highest BCUT2D eigenvalue weighted by Gasteiger charge is 2.21. The summed E-state index contributed by atoms with van der Waals surface area (Å²) in [6.07, 6.45) is 2.21. The number of allylic oxidation sites excluding steroid dienone is 1. The van der Waals surface area contributed by atoms with E-state index in [2.05, 4.69) is 4.98 Å². The molecule has 24 heavy (non-hydrogen) atoms. The maximum Gasteiger partial charge on any atom is 0.261 e. The standard InChI is InChI=1S/C18H11F3N2O/c19-12-2-3-13-16(9-12)22-17-11(5-6-23(17)18(13)24)7-10-1-4-14(20)15(21)8-10/h1-4,7-9H,5-6H2/b11-7+. The molecule has 6 heteroatoms. The summed E-state index contributed by atoms with van der Waals surface area (Å²) in [4.78, 5) is 16.9. The molecular formula is C18H11F3N2O. The van der Waals surface area contributed by atoms with Gasteiger partial charge in [-0.1, -0.05) is 6.07 Å². The van der Waals surface area contributed by atoms with Crippen LogP contribution in [0, 0.1) is 17.5 Å². The van der Waals surface area contributed by atoms with Crippen LogP contribution in [0.5, 0.6) is 0 Å². The fourth-order valence-electron chi connectivity index (χ4n) is 2.93. The molecule has 0 N–H and O–H groups in total. The molecule has 4 rings (SSSR count). The summed E-state index contributed by atoms with van der Waals surface area (Å²) < 4.78 is 41.3. The van der Waals surface area contributed by atoms with Gasteiger partial charge in [-0.25, -0.2) is 18.2 Å². The van der Waals surface area contributed by atoms with Gasteiger partial charge in [0.2, 0.25) is 0 Å². The molecular weight excluding hydrogens is 317 g/mol. The maximum absolute atomic E-state index is 13.4. The molecule has 1 aliphatic rings. The van der Waals surface area contributed by atoms with E-state index in [1.165, 1.54) is 28.8 Å². The van der Waals surface area contributed by atoms with Crippen LogP contribution >= 0.6 is 0 Å². The van der Waals surface area contributed by atoms with Crippen LogP contribution < -0.4 is 5.56 Å². The zero-order valence-electron chi connectivity index (χ0n) is 12.4. The van der Waals surface area contributed by atoms with Gasteiger partial charge in [-0.2, -0.15) is 0 Å². The van der Waals surface area contributed by atoms with Crippen molar-refractivity contribution in [3.8, 4) is 0 Å². The minimum absolute atomic E-state index is 0.233. The first-order valence-electron chi connectivity index (χ1n) is 7.39. The number of halogens is 3. The Balaban J connectivity index is 1.89. The third-order valence-corrected chi connectivity index (χ3v) is 4.09. The van der Waals surface area contributed by atoms with E-state index in [4.69, 9.17) is 0 Å². The van der Waals surface area contributed by atoms with Crippen molar-refractivity contribution in [3.63, 3.8) is 0 Å². The number of fused-ring (bicyclic) bond motifs is 2. The molecule has 0 atom stereocenters. The monoisotopic (exact) mass is 328 g/mol. The number of hydrogen-bond donors (Lipinski definition) is 0. The van der Waals surface area contributed by atoms with Crippen molar-refractivity contribution in [3.05, 3.63) is 75.6 Å². The second kappa shape index (κ2) is 5.33. The van der Waals surface area contributed by atoms with Crippen LogP contribution in [0.3, 0.4) is 0 Å². The summed E-state index contributed by atoms with van der Waals surface area (Å²) in [5.74, 6) is -1.89. The molecule has 0 saturated carbocycles.